The number of nitrogens with one attached hydrogen (secondary N) is 1. The molecule has 1 aromatic rings. The summed E-state index contributed by atoms with van der Waals surface area (Å²) in [6, 6.07) is 8.47. The highest BCUT2D eigenvalue weighted by Gasteiger charge is 2.20. The minimum absolute atomic E-state index is 0.124. The molecule has 0 aromatic heterocycles. The fourth-order valence-corrected chi connectivity index (χ4v) is 2.88. The maximum atomic E-state index is 12.0. The van der Waals surface area contributed by atoms with Gasteiger partial charge in [0.1, 0.15) is 5.75 Å². The third-order valence-electron chi connectivity index (χ3n) is 4.20. The van der Waals surface area contributed by atoms with Crippen LogP contribution >= 0.6 is 0 Å². The van der Waals surface area contributed by atoms with Crippen LogP contribution in [0.2, 0.25) is 0 Å². The van der Waals surface area contributed by atoms with Crippen LogP contribution < -0.4 is 10.1 Å². The molecular formula is C17H26N2O2. The molecule has 0 spiro atoms. The topological polar surface area (TPSA) is 41.6 Å². The minimum Gasteiger partial charge on any atom is -0.496 e. The van der Waals surface area contributed by atoms with Crippen LogP contribution in [0, 0.1) is 0 Å². The van der Waals surface area contributed by atoms with Crippen molar-refractivity contribution in [1.82, 2.24) is 10.2 Å². The Kier molecular flexibility index (Phi) is 6.05. The van der Waals surface area contributed by atoms with Crippen molar-refractivity contribution in [2.45, 2.75) is 38.6 Å². The van der Waals surface area contributed by atoms with E-state index < -0.39 is 0 Å². The van der Waals surface area contributed by atoms with E-state index in [-0.39, 0.29) is 5.91 Å². The van der Waals surface area contributed by atoms with Crippen molar-refractivity contribution in [3.05, 3.63) is 29.8 Å². The number of para-hydroxylation sites is 1. The average Bonchev–Trinajstić information content (AvgIpc) is 2.50. The van der Waals surface area contributed by atoms with Gasteiger partial charge in [-0.3, -0.25) is 9.69 Å². The van der Waals surface area contributed by atoms with Gasteiger partial charge in [-0.2, -0.15) is 0 Å². The lowest BCUT2D eigenvalue weighted by Crippen LogP contribution is -2.44. The molecule has 2 rings (SSSR count). The number of hydrogen-bond acceptors (Lipinski definition) is 3. The fraction of sp³-hybridized carbons (Fsp3) is 0.588. The maximum absolute atomic E-state index is 12.0. The predicted octanol–water partition coefficient (Wildman–Crippen LogP) is 2.23. The van der Waals surface area contributed by atoms with Gasteiger partial charge in [0.25, 0.3) is 0 Å². The van der Waals surface area contributed by atoms with Crippen molar-refractivity contribution in [2.75, 3.05) is 26.7 Å². The first-order valence-electron chi connectivity index (χ1n) is 7.83. The number of rotatable bonds is 6. The molecule has 1 aliphatic heterocycles. The monoisotopic (exact) mass is 290 g/mol. The zero-order valence-corrected chi connectivity index (χ0v) is 13.1. The number of likely N-dealkylation sites (tertiary alicyclic amines) is 1. The molecule has 21 heavy (non-hydrogen) atoms. The fourth-order valence-electron chi connectivity index (χ4n) is 2.88. The van der Waals surface area contributed by atoms with Gasteiger partial charge in [-0.25, -0.2) is 0 Å². The number of amides is 1. The number of carbonyl (C=O) groups is 1. The molecule has 1 unspecified atom stereocenters. The quantitative estimate of drug-likeness (QED) is 0.873. The molecule has 1 fully saturated rings. The second-order valence-electron chi connectivity index (χ2n) is 5.73. The molecule has 1 atom stereocenters. The third kappa shape index (κ3) is 4.74. The van der Waals surface area contributed by atoms with E-state index in [2.05, 4.69) is 17.1 Å². The van der Waals surface area contributed by atoms with Crippen LogP contribution in [0.3, 0.4) is 0 Å². The van der Waals surface area contributed by atoms with Gasteiger partial charge in [-0.1, -0.05) is 24.6 Å². The van der Waals surface area contributed by atoms with Crippen molar-refractivity contribution >= 4 is 5.91 Å². The van der Waals surface area contributed by atoms with Crippen molar-refractivity contribution in [3.8, 4) is 5.75 Å². The highest BCUT2D eigenvalue weighted by molar-refractivity contribution is 5.78. The Morgan fingerprint density at radius 1 is 1.38 bits per heavy atom. The second-order valence-corrected chi connectivity index (χ2v) is 5.73. The molecule has 1 N–H and O–H groups in total. The molecule has 4 nitrogen and oxygen atoms in total. The summed E-state index contributed by atoms with van der Waals surface area (Å²) in [4.78, 5) is 14.3. The second kappa shape index (κ2) is 8.03. The van der Waals surface area contributed by atoms with E-state index in [0.29, 0.717) is 19.1 Å². The summed E-state index contributed by atoms with van der Waals surface area (Å²) in [5.74, 6) is 1.01. The molecule has 1 amide bonds. The molecule has 1 heterocycles. The van der Waals surface area contributed by atoms with Crippen molar-refractivity contribution in [1.29, 1.82) is 0 Å². The summed E-state index contributed by atoms with van der Waals surface area (Å²) in [7, 11) is 1.68. The molecule has 4 heteroatoms. The van der Waals surface area contributed by atoms with Crippen LogP contribution in [-0.4, -0.2) is 43.6 Å². The van der Waals surface area contributed by atoms with Crippen molar-refractivity contribution in [3.63, 3.8) is 0 Å². The van der Waals surface area contributed by atoms with Crippen LogP contribution in [0.15, 0.2) is 24.3 Å². The van der Waals surface area contributed by atoms with Crippen LogP contribution in [0.5, 0.6) is 5.75 Å². The zero-order chi connectivity index (χ0) is 15.1. The van der Waals surface area contributed by atoms with Crippen molar-refractivity contribution < 1.29 is 9.53 Å². The third-order valence-corrected chi connectivity index (χ3v) is 4.20. The average molecular weight is 290 g/mol. The molecule has 1 aromatic carbocycles. The Labute approximate surface area is 127 Å². The van der Waals surface area contributed by atoms with E-state index in [1.165, 1.54) is 19.3 Å². The van der Waals surface area contributed by atoms with E-state index in [1.807, 2.05) is 24.3 Å². The number of benzene rings is 1. The van der Waals surface area contributed by atoms with Gasteiger partial charge in [-0.05, 0) is 44.4 Å². The predicted molar refractivity (Wildman–Crippen MR) is 84.6 cm³/mol. The summed E-state index contributed by atoms with van der Waals surface area (Å²) in [6.07, 6.45) is 4.49. The summed E-state index contributed by atoms with van der Waals surface area (Å²) >= 11 is 0. The zero-order valence-electron chi connectivity index (χ0n) is 13.1. The number of carbonyl (C=O) groups excluding carboxylic acids is 1. The highest BCUT2D eigenvalue weighted by Crippen LogP contribution is 2.17. The van der Waals surface area contributed by atoms with Crippen LogP contribution in [0.25, 0.3) is 0 Å². The number of hydrogen-bond donors (Lipinski definition) is 1. The summed E-state index contributed by atoms with van der Waals surface area (Å²) in [6.45, 7) is 4.43. The maximum Gasteiger partial charge on any atom is 0.234 e. The Bertz CT molecular complexity index is 462. The number of piperidine rings is 1. The first kappa shape index (κ1) is 15.8. The molecule has 0 aliphatic carbocycles. The van der Waals surface area contributed by atoms with E-state index in [0.717, 1.165) is 24.3 Å². The van der Waals surface area contributed by atoms with Gasteiger partial charge in [0.2, 0.25) is 5.91 Å². The van der Waals surface area contributed by atoms with E-state index in [4.69, 9.17) is 4.74 Å². The van der Waals surface area contributed by atoms with Crippen LogP contribution in [0.4, 0.5) is 0 Å². The van der Waals surface area contributed by atoms with Gasteiger partial charge in [0.05, 0.1) is 13.7 Å². The lowest BCUT2D eigenvalue weighted by molar-refractivity contribution is -0.123. The standard InChI is InChI=1S/C17H26N2O2/c1-14-7-5-6-12-19(14)13-17(20)18-11-10-15-8-3-4-9-16(15)21-2/h3-4,8-9,14H,5-7,10-13H2,1-2H3,(H,18,20). The van der Waals surface area contributed by atoms with E-state index in [9.17, 15) is 4.79 Å². The SMILES string of the molecule is COc1ccccc1CCNC(=O)CN1CCCCC1C. The number of ether oxygens (including phenoxy) is 1. The van der Waals surface area contributed by atoms with Crippen LogP contribution in [-0.2, 0) is 11.2 Å². The Morgan fingerprint density at radius 2 is 2.19 bits per heavy atom. The van der Waals surface area contributed by atoms with Gasteiger partial charge in [0, 0.05) is 12.6 Å². The number of methoxy groups -OCH3 is 1. The Morgan fingerprint density at radius 3 is 2.95 bits per heavy atom. The van der Waals surface area contributed by atoms with Gasteiger partial charge >= 0.3 is 0 Å². The van der Waals surface area contributed by atoms with E-state index in [1.54, 1.807) is 7.11 Å². The van der Waals surface area contributed by atoms with Gasteiger partial charge in [0.15, 0.2) is 0 Å². The summed E-state index contributed by atoms with van der Waals surface area (Å²) in [5, 5.41) is 3.01. The minimum atomic E-state index is 0.124. The normalized spacial score (nSPS) is 19.2. The first-order chi connectivity index (χ1) is 10.2. The Balaban J connectivity index is 1.74. The number of nitrogens with zero attached hydrogens (tertiary/aromatic N) is 1. The largest absolute Gasteiger partial charge is 0.496 e. The molecule has 1 saturated heterocycles. The molecule has 1 aliphatic rings. The van der Waals surface area contributed by atoms with Crippen molar-refractivity contribution in [2.24, 2.45) is 0 Å². The Hall–Kier alpha value is -1.55. The lowest BCUT2D eigenvalue weighted by Gasteiger charge is -2.32. The molecule has 0 radical (unpaired) electrons. The lowest BCUT2D eigenvalue weighted by atomic mass is 10.0. The molecular weight excluding hydrogens is 264 g/mol. The molecule has 116 valence electrons. The van der Waals surface area contributed by atoms with Gasteiger partial charge in [-0.15, -0.1) is 0 Å². The summed E-state index contributed by atoms with van der Waals surface area (Å²) < 4.78 is 5.32. The molecule has 0 saturated carbocycles. The van der Waals surface area contributed by atoms with Gasteiger partial charge < -0.3 is 10.1 Å². The van der Waals surface area contributed by atoms with Crippen LogP contribution in [0.1, 0.15) is 31.7 Å². The highest BCUT2D eigenvalue weighted by atomic mass is 16.5. The first-order valence-corrected chi connectivity index (χ1v) is 7.83. The summed E-state index contributed by atoms with van der Waals surface area (Å²) in [5.41, 5.74) is 1.13. The smallest absolute Gasteiger partial charge is 0.234 e. The van der Waals surface area contributed by atoms with E-state index >= 15 is 0 Å². The molecule has 0 bridgehead atoms.